The maximum absolute atomic E-state index is 13.9. The van der Waals surface area contributed by atoms with Crippen molar-refractivity contribution in [1.82, 2.24) is 5.32 Å². The number of rotatable bonds is 5. The molecule has 0 bridgehead atoms. The average Bonchev–Trinajstić information content (AvgIpc) is 2.72. The molecule has 0 aliphatic heterocycles. The molecule has 0 aliphatic rings. The van der Waals surface area contributed by atoms with Crippen LogP contribution in [0.5, 0.6) is 0 Å². The lowest BCUT2D eigenvalue weighted by Gasteiger charge is -2.22. The summed E-state index contributed by atoms with van der Waals surface area (Å²) in [7, 11) is 0. The van der Waals surface area contributed by atoms with Crippen molar-refractivity contribution in [3.63, 3.8) is 0 Å². The highest BCUT2D eigenvalue weighted by atomic mass is 35.5. The summed E-state index contributed by atoms with van der Waals surface area (Å²) < 4.78 is 13.9. The molecule has 0 saturated carbocycles. The van der Waals surface area contributed by atoms with Gasteiger partial charge in [0.05, 0.1) is 11.6 Å². The fourth-order valence-electron chi connectivity index (χ4n) is 2.87. The van der Waals surface area contributed by atoms with Crippen molar-refractivity contribution in [2.24, 2.45) is 0 Å². The topological polar surface area (TPSA) is 70.0 Å². The van der Waals surface area contributed by atoms with Gasteiger partial charge < -0.3 is 5.32 Å². The Hall–Kier alpha value is -3.20. The number of nitriles is 1. The SMILES string of the molecule is N#Cc1ccc(C(=O)NC(c2ccc(Cl)cc2)c2ccc(Cl)cc2C=O)cc1F. The first-order valence-electron chi connectivity index (χ1n) is 8.43. The van der Waals surface area contributed by atoms with Crippen LogP contribution in [0.3, 0.4) is 0 Å². The van der Waals surface area contributed by atoms with Gasteiger partial charge in [-0.1, -0.05) is 41.4 Å². The number of benzene rings is 3. The van der Waals surface area contributed by atoms with E-state index in [-0.39, 0.29) is 11.1 Å². The summed E-state index contributed by atoms with van der Waals surface area (Å²) in [5.74, 6) is -1.36. The molecule has 0 radical (unpaired) electrons. The van der Waals surface area contributed by atoms with Gasteiger partial charge in [-0.05, 0) is 53.6 Å². The van der Waals surface area contributed by atoms with Crippen LogP contribution in [0.4, 0.5) is 4.39 Å². The van der Waals surface area contributed by atoms with Crippen LogP contribution in [-0.4, -0.2) is 12.2 Å². The fourth-order valence-corrected chi connectivity index (χ4v) is 3.17. The second-order valence-corrected chi connectivity index (χ2v) is 7.03. The Labute approximate surface area is 176 Å². The second-order valence-electron chi connectivity index (χ2n) is 6.16. The van der Waals surface area contributed by atoms with Gasteiger partial charge in [-0.25, -0.2) is 4.39 Å². The molecule has 0 heterocycles. The minimum Gasteiger partial charge on any atom is -0.341 e. The van der Waals surface area contributed by atoms with Crippen molar-refractivity contribution in [1.29, 1.82) is 5.26 Å². The Kier molecular flexibility index (Phi) is 6.28. The number of aldehydes is 1. The molecule has 4 nitrogen and oxygen atoms in total. The Morgan fingerprint density at radius 1 is 1.03 bits per heavy atom. The third kappa shape index (κ3) is 4.62. The number of amides is 1. The average molecular weight is 427 g/mol. The molecule has 0 aliphatic carbocycles. The molecule has 29 heavy (non-hydrogen) atoms. The summed E-state index contributed by atoms with van der Waals surface area (Å²) in [6.07, 6.45) is 0.650. The highest BCUT2D eigenvalue weighted by Gasteiger charge is 2.21. The number of halogens is 3. The molecule has 1 N–H and O–H groups in total. The summed E-state index contributed by atoms with van der Waals surface area (Å²) in [5, 5.41) is 12.6. The van der Waals surface area contributed by atoms with Crippen molar-refractivity contribution >= 4 is 35.4 Å². The van der Waals surface area contributed by atoms with Crippen LogP contribution in [0.25, 0.3) is 0 Å². The largest absolute Gasteiger partial charge is 0.341 e. The molecule has 0 spiro atoms. The Morgan fingerprint density at radius 2 is 1.72 bits per heavy atom. The minimum atomic E-state index is -0.789. The maximum Gasteiger partial charge on any atom is 0.252 e. The molecule has 144 valence electrons. The van der Waals surface area contributed by atoms with Gasteiger partial charge in [-0.2, -0.15) is 5.26 Å². The lowest BCUT2D eigenvalue weighted by Crippen LogP contribution is -2.30. The van der Waals surface area contributed by atoms with Gasteiger partial charge in [0.25, 0.3) is 5.91 Å². The van der Waals surface area contributed by atoms with Gasteiger partial charge in [-0.3, -0.25) is 9.59 Å². The van der Waals surface area contributed by atoms with E-state index >= 15 is 0 Å². The van der Waals surface area contributed by atoms with Crippen LogP contribution < -0.4 is 5.32 Å². The number of nitrogens with zero attached hydrogens (tertiary/aromatic N) is 1. The number of hydrogen-bond donors (Lipinski definition) is 1. The molecule has 3 aromatic carbocycles. The summed E-state index contributed by atoms with van der Waals surface area (Å²) in [6.45, 7) is 0. The predicted molar refractivity (Wildman–Crippen MR) is 109 cm³/mol. The number of nitrogens with one attached hydrogen (secondary N) is 1. The number of hydrogen-bond acceptors (Lipinski definition) is 3. The Bertz CT molecular complexity index is 1120. The molecule has 3 aromatic rings. The van der Waals surface area contributed by atoms with E-state index in [4.69, 9.17) is 28.5 Å². The van der Waals surface area contributed by atoms with Crippen LogP contribution in [0.2, 0.25) is 10.0 Å². The van der Waals surface area contributed by atoms with Crippen molar-refractivity contribution in [3.8, 4) is 6.07 Å². The summed E-state index contributed by atoms with van der Waals surface area (Å²) >= 11 is 11.9. The quantitative estimate of drug-likeness (QED) is 0.559. The molecular formula is C22H13Cl2FN2O2. The highest BCUT2D eigenvalue weighted by Crippen LogP contribution is 2.28. The summed E-state index contributed by atoms with van der Waals surface area (Å²) in [6, 6.07) is 16.1. The van der Waals surface area contributed by atoms with E-state index in [1.165, 1.54) is 18.2 Å². The fraction of sp³-hybridized carbons (Fsp3) is 0.0455. The van der Waals surface area contributed by atoms with Gasteiger partial charge in [-0.15, -0.1) is 0 Å². The van der Waals surface area contributed by atoms with Crippen LogP contribution >= 0.6 is 23.2 Å². The normalized spacial score (nSPS) is 11.4. The summed E-state index contributed by atoms with van der Waals surface area (Å²) in [4.78, 5) is 24.4. The zero-order valence-electron chi connectivity index (χ0n) is 14.8. The van der Waals surface area contributed by atoms with E-state index in [0.29, 0.717) is 33.0 Å². The van der Waals surface area contributed by atoms with E-state index in [0.717, 1.165) is 6.07 Å². The summed E-state index contributed by atoms with van der Waals surface area (Å²) in [5.41, 5.74) is 1.39. The molecule has 0 fully saturated rings. The minimum absolute atomic E-state index is 0.0436. The lowest BCUT2D eigenvalue weighted by atomic mass is 9.94. The molecule has 0 aromatic heterocycles. The molecule has 1 unspecified atom stereocenters. The first-order valence-corrected chi connectivity index (χ1v) is 9.19. The second kappa shape index (κ2) is 8.87. The van der Waals surface area contributed by atoms with Crippen LogP contribution in [0.15, 0.2) is 60.7 Å². The van der Waals surface area contributed by atoms with Gasteiger partial charge in [0, 0.05) is 21.2 Å². The number of carbonyl (C=O) groups excluding carboxylic acids is 2. The first-order chi connectivity index (χ1) is 13.9. The lowest BCUT2D eigenvalue weighted by molar-refractivity contribution is 0.0941. The smallest absolute Gasteiger partial charge is 0.252 e. The van der Waals surface area contributed by atoms with Gasteiger partial charge >= 0.3 is 0 Å². The molecule has 7 heteroatoms. The van der Waals surface area contributed by atoms with Crippen LogP contribution in [0.1, 0.15) is 43.4 Å². The standard InChI is InChI=1S/C22H13Cl2FN2O2/c23-17-5-3-13(4-6-17)21(19-8-7-18(24)9-16(19)12-28)27-22(29)14-1-2-15(11-26)20(25)10-14/h1-10,12,21H,(H,27,29). The predicted octanol–water partition coefficient (Wildman–Crippen LogP) is 5.34. The Morgan fingerprint density at radius 3 is 2.34 bits per heavy atom. The van der Waals surface area contributed by atoms with Gasteiger partial charge in [0.2, 0.25) is 0 Å². The van der Waals surface area contributed by atoms with Crippen molar-refractivity contribution in [2.75, 3.05) is 0 Å². The Balaban J connectivity index is 2.03. The van der Waals surface area contributed by atoms with Crippen molar-refractivity contribution < 1.29 is 14.0 Å². The molecular weight excluding hydrogens is 414 g/mol. The molecule has 0 saturated heterocycles. The molecule has 3 rings (SSSR count). The van der Waals surface area contributed by atoms with Crippen LogP contribution in [0, 0.1) is 17.1 Å². The van der Waals surface area contributed by atoms with E-state index in [9.17, 15) is 14.0 Å². The van der Waals surface area contributed by atoms with E-state index in [2.05, 4.69) is 5.32 Å². The molecule has 1 atom stereocenters. The van der Waals surface area contributed by atoms with Crippen molar-refractivity contribution in [3.05, 3.63) is 104 Å². The first kappa shape index (κ1) is 20.5. The van der Waals surface area contributed by atoms with E-state index in [1.54, 1.807) is 42.5 Å². The van der Waals surface area contributed by atoms with Gasteiger partial charge in [0.1, 0.15) is 18.2 Å². The van der Waals surface area contributed by atoms with Gasteiger partial charge in [0.15, 0.2) is 0 Å². The van der Waals surface area contributed by atoms with E-state index in [1.807, 2.05) is 0 Å². The zero-order chi connectivity index (χ0) is 21.0. The zero-order valence-corrected chi connectivity index (χ0v) is 16.3. The third-order valence-electron chi connectivity index (χ3n) is 4.32. The highest BCUT2D eigenvalue weighted by molar-refractivity contribution is 6.31. The third-order valence-corrected chi connectivity index (χ3v) is 4.80. The van der Waals surface area contributed by atoms with E-state index < -0.39 is 17.8 Å². The maximum atomic E-state index is 13.9. The number of carbonyl (C=O) groups is 2. The van der Waals surface area contributed by atoms with Crippen LogP contribution in [-0.2, 0) is 0 Å². The van der Waals surface area contributed by atoms with Crippen molar-refractivity contribution in [2.45, 2.75) is 6.04 Å². The molecule has 1 amide bonds. The monoisotopic (exact) mass is 426 g/mol.